The zero-order valence-corrected chi connectivity index (χ0v) is 9.87. The van der Waals surface area contributed by atoms with Gasteiger partial charge in [0.25, 0.3) is 0 Å². The first-order valence-corrected chi connectivity index (χ1v) is 5.52. The minimum Gasteiger partial charge on any atom is -0.147 e. The molecule has 0 nitrogen and oxygen atoms in total. The van der Waals surface area contributed by atoms with Gasteiger partial charge in [-0.2, -0.15) is 0 Å². The van der Waals surface area contributed by atoms with E-state index in [0.717, 1.165) is 0 Å². The van der Waals surface area contributed by atoms with Gasteiger partial charge in [0.15, 0.2) is 0 Å². The van der Waals surface area contributed by atoms with E-state index in [-0.39, 0.29) is 12.4 Å². The Morgan fingerprint density at radius 2 is 1.31 bits per heavy atom. The fourth-order valence-corrected chi connectivity index (χ4v) is 1.42. The van der Waals surface area contributed by atoms with Crippen LogP contribution in [-0.4, -0.2) is 0 Å². The molecule has 0 rings (SSSR count). The summed E-state index contributed by atoms with van der Waals surface area (Å²) in [4.78, 5) is 0. The van der Waals surface area contributed by atoms with E-state index in [1.807, 2.05) is 6.08 Å². The third-order valence-corrected chi connectivity index (χ3v) is 2.26. The van der Waals surface area contributed by atoms with Crippen LogP contribution in [0.25, 0.3) is 0 Å². The molecule has 0 atom stereocenters. The van der Waals surface area contributed by atoms with Gasteiger partial charge in [0, 0.05) is 0 Å². The summed E-state index contributed by atoms with van der Waals surface area (Å²) in [6.45, 7) is 5.99. The first-order valence-electron chi connectivity index (χ1n) is 5.52. The molecule has 0 amide bonds. The summed E-state index contributed by atoms with van der Waals surface area (Å²) in [5.74, 6) is 0. The molecule has 0 saturated heterocycles. The monoisotopic (exact) mass is 204 g/mol. The van der Waals surface area contributed by atoms with Gasteiger partial charge in [-0.25, -0.2) is 0 Å². The van der Waals surface area contributed by atoms with Gasteiger partial charge in [-0.05, 0) is 12.8 Å². The van der Waals surface area contributed by atoms with Crippen molar-refractivity contribution in [3.63, 3.8) is 0 Å². The van der Waals surface area contributed by atoms with Crippen LogP contribution >= 0.6 is 12.4 Å². The smallest absolute Gasteiger partial charge is 0.0353 e. The molecule has 0 aromatic heterocycles. The summed E-state index contributed by atoms with van der Waals surface area (Å²) in [6, 6.07) is 0. The van der Waals surface area contributed by atoms with Crippen molar-refractivity contribution in [1.29, 1.82) is 0 Å². The van der Waals surface area contributed by atoms with Gasteiger partial charge in [-0.3, -0.25) is 0 Å². The lowest BCUT2D eigenvalue weighted by Crippen LogP contribution is -1.79. The second-order valence-corrected chi connectivity index (χ2v) is 3.55. The third-order valence-electron chi connectivity index (χ3n) is 2.26. The van der Waals surface area contributed by atoms with Crippen molar-refractivity contribution >= 4 is 12.4 Å². The lowest BCUT2D eigenvalue weighted by Gasteiger charge is -1.99. The average Bonchev–Trinajstić information content (AvgIpc) is 2.10. The highest BCUT2D eigenvalue weighted by molar-refractivity contribution is 5.85. The van der Waals surface area contributed by atoms with E-state index < -0.39 is 0 Å². The number of hydrogen-bond donors (Lipinski definition) is 0. The molecule has 80 valence electrons. The summed E-state index contributed by atoms with van der Waals surface area (Å²) < 4.78 is 0. The van der Waals surface area contributed by atoms with Crippen molar-refractivity contribution in [2.75, 3.05) is 0 Å². The SMILES string of the molecule is C=CCCCCCCCCCC.Cl. The summed E-state index contributed by atoms with van der Waals surface area (Å²) in [5.41, 5.74) is 0. The zero-order chi connectivity index (χ0) is 9.07. The average molecular weight is 205 g/mol. The van der Waals surface area contributed by atoms with Crippen molar-refractivity contribution in [3.8, 4) is 0 Å². The van der Waals surface area contributed by atoms with E-state index in [2.05, 4.69) is 13.5 Å². The first-order chi connectivity index (χ1) is 5.91. The summed E-state index contributed by atoms with van der Waals surface area (Å²) in [6.07, 6.45) is 14.5. The van der Waals surface area contributed by atoms with Crippen molar-refractivity contribution in [2.24, 2.45) is 0 Å². The van der Waals surface area contributed by atoms with Crippen molar-refractivity contribution in [3.05, 3.63) is 12.7 Å². The van der Waals surface area contributed by atoms with Crippen LogP contribution in [0.4, 0.5) is 0 Å². The number of hydrogen-bond acceptors (Lipinski definition) is 0. The summed E-state index contributed by atoms with van der Waals surface area (Å²) in [7, 11) is 0. The van der Waals surface area contributed by atoms with Gasteiger partial charge in [0.1, 0.15) is 0 Å². The van der Waals surface area contributed by atoms with E-state index in [9.17, 15) is 0 Å². The molecule has 0 spiro atoms. The Kier molecular flexibility index (Phi) is 17.3. The van der Waals surface area contributed by atoms with E-state index >= 15 is 0 Å². The highest BCUT2D eigenvalue weighted by atomic mass is 35.5. The molecule has 0 aromatic carbocycles. The van der Waals surface area contributed by atoms with Crippen molar-refractivity contribution in [1.82, 2.24) is 0 Å². The maximum Gasteiger partial charge on any atom is -0.0353 e. The van der Waals surface area contributed by atoms with E-state index in [0.29, 0.717) is 0 Å². The molecule has 0 N–H and O–H groups in total. The van der Waals surface area contributed by atoms with Crippen molar-refractivity contribution in [2.45, 2.75) is 64.7 Å². The quantitative estimate of drug-likeness (QED) is 0.361. The molecule has 0 unspecified atom stereocenters. The number of unbranched alkanes of at least 4 members (excludes halogenated alkanes) is 8. The highest BCUT2D eigenvalue weighted by Gasteiger charge is 1.89. The van der Waals surface area contributed by atoms with Crippen LogP contribution in [0.15, 0.2) is 12.7 Å². The van der Waals surface area contributed by atoms with Crippen molar-refractivity contribution < 1.29 is 0 Å². The molecule has 13 heavy (non-hydrogen) atoms. The Bertz CT molecular complexity index is 89.1. The van der Waals surface area contributed by atoms with Crippen LogP contribution < -0.4 is 0 Å². The largest absolute Gasteiger partial charge is 0.147 e. The summed E-state index contributed by atoms with van der Waals surface area (Å²) >= 11 is 0. The molecule has 1 heteroatoms. The Morgan fingerprint density at radius 1 is 0.846 bits per heavy atom. The minimum atomic E-state index is 0. The third kappa shape index (κ3) is 14.8. The van der Waals surface area contributed by atoms with Crippen LogP contribution in [-0.2, 0) is 0 Å². The predicted molar refractivity (Wildman–Crippen MR) is 64.7 cm³/mol. The predicted octanol–water partition coefficient (Wildman–Crippen LogP) is 5.13. The Labute approximate surface area is 90.2 Å². The molecule has 0 aliphatic heterocycles. The van der Waals surface area contributed by atoms with Gasteiger partial charge < -0.3 is 0 Å². The van der Waals surface area contributed by atoms with Crippen LogP contribution in [0.3, 0.4) is 0 Å². The Morgan fingerprint density at radius 3 is 1.77 bits per heavy atom. The molecule has 0 aliphatic rings. The standard InChI is InChI=1S/C12H24.ClH/c1-3-5-7-9-11-12-10-8-6-4-2;/h3H,1,4-12H2,2H3;1H. The van der Waals surface area contributed by atoms with Gasteiger partial charge in [-0.15, -0.1) is 19.0 Å². The molecule has 0 aromatic rings. The fraction of sp³-hybridized carbons (Fsp3) is 0.833. The Hall–Kier alpha value is 0.0300. The van der Waals surface area contributed by atoms with Gasteiger partial charge in [-0.1, -0.05) is 57.9 Å². The van der Waals surface area contributed by atoms with E-state index in [1.165, 1.54) is 57.8 Å². The second kappa shape index (κ2) is 14.5. The van der Waals surface area contributed by atoms with Crippen LogP contribution in [0.2, 0.25) is 0 Å². The van der Waals surface area contributed by atoms with Gasteiger partial charge in [0.05, 0.1) is 0 Å². The normalized spacial score (nSPS) is 9.31. The molecule has 0 bridgehead atoms. The summed E-state index contributed by atoms with van der Waals surface area (Å²) in [5, 5.41) is 0. The van der Waals surface area contributed by atoms with Crippen LogP contribution in [0.1, 0.15) is 64.7 Å². The number of rotatable bonds is 9. The molecular formula is C12H25Cl. The molecule has 0 aliphatic carbocycles. The fourth-order valence-electron chi connectivity index (χ4n) is 1.42. The second-order valence-electron chi connectivity index (χ2n) is 3.55. The maximum absolute atomic E-state index is 3.72. The van der Waals surface area contributed by atoms with Crippen LogP contribution in [0.5, 0.6) is 0 Å². The molecule has 0 radical (unpaired) electrons. The zero-order valence-electron chi connectivity index (χ0n) is 9.06. The lowest BCUT2D eigenvalue weighted by molar-refractivity contribution is 0.578. The van der Waals surface area contributed by atoms with Crippen LogP contribution in [0, 0.1) is 0 Å². The molecular weight excluding hydrogens is 180 g/mol. The lowest BCUT2D eigenvalue weighted by atomic mass is 10.1. The van der Waals surface area contributed by atoms with E-state index in [4.69, 9.17) is 0 Å². The minimum absolute atomic E-state index is 0. The maximum atomic E-state index is 3.72. The number of allylic oxidation sites excluding steroid dienone is 1. The molecule has 0 heterocycles. The first kappa shape index (κ1) is 15.5. The molecule has 0 fully saturated rings. The Balaban J connectivity index is 0. The number of halogens is 1. The van der Waals surface area contributed by atoms with Gasteiger partial charge in [0.2, 0.25) is 0 Å². The van der Waals surface area contributed by atoms with Gasteiger partial charge >= 0.3 is 0 Å². The topological polar surface area (TPSA) is 0 Å². The molecule has 0 saturated carbocycles. The van der Waals surface area contributed by atoms with E-state index in [1.54, 1.807) is 0 Å². The highest BCUT2D eigenvalue weighted by Crippen LogP contribution is 2.09.